The predicted molar refractivity (Wildman–Crippen MR) is 66.6 cm³/mol. The number of hydrogen-bond acceptors (Lipinski definition) is 3. The van der Waals surface area contributed by atoms with Crippen LogP contribution in [0.1, 0.15) is 11.1 Å². The van der Waals surface area contributed by atoms with E-state index in [-0.39, 0.29) is 0 Å². The van der Waals surface area contributed by atoms with Gasteiger partial charge in [0.05, 0.1) is 6.61 Å². The first kappa shape index (κ1) is 14.0. The summed E-state index contributed by atoms with van der Waals surface area (Å²) in [5.41, 5.74) is 2.54. The normalized spacial score (nSPS) is 11.7. The van der Waals surface area contributed by atoms with E-state index in [1.54, 1.807) is 6.07 Å². The Balaban J connectivity index is 2.67. The molecule has 6 nitrogen and oxygen atoms in total. The number of carboxylic acid groups (broad SMARTS) is 1. The van der Waals surface area contributed by atoms with Gasteiger partial charge >= 0.3 is 12.0 Å². The number of aryl methyl sites for hydroxylation is 2. The number of aliphatic hydroxyl groups excluding tert-OH is 1. The molecule has 0 saturated carbocycles. The number of nitrogens with one attached hydrogen (secondary N) is 2. The zero-order valence-corrected chi connectivity index (χ0v) is 10.2. The first-order valence-electron chi connectivity index (χ1n) is 5.42. The molecule has 0 unspecified atom stereocenters. The molecule has 98 valence electrons. The van der Waals surface area contributed by atoms with Gasteiger partial charge < -0.3 is 20.8 Å². The third-order valence-corrected chi connectivity index (χ3v) is 2.42. The maximum absolute atomic E-state index is 11.5. The standard InChI is InChI=1S/C12H16N2O4/c1-7-3-4-9(8(2)5-7)13-12(18)14-10(6-15)11(16)17/h3-5,10,15H,6H2,1-2H3,(H,16,17)(H2,13,14,18)/t10-/m0/s1. The van der Waals surface area contributed by atoms with Crippen LogP contribution in [0, 0.1) is 13.8 Å². The van der Waals surface area contributed by atoms with E-state index >= 15 is 0 Å². The van der Waals surface area contributed by atoms with Gasteiger partial charge in [-0.1, -0.05) is 17.7 Å². The summed E-state index contributed by atoms with van der Waals surface area (Å²) in [5.74, 6) is -1.28. The van der Waals surface area contributed by atoms with Gasteiger partial charge in [-0.3, -0.25) is 0 Å². The van der Waals surface area contributed by atoms with Gasteiger partial charge in [0.25, 0.3) is 0 Å². The van der Waals surface area contributed by atoms with Crippen molar-refractivity contribution < 1.29 is 19.8 Å². The van der Waals surface area contributed by atoms with Crippen LogP contribution in [0.5, 0.6) is 0 Å². The largest absolute Gasteiger partial charge is 0.480 e. The van der Waals surface area contributed by atoms with E-state index in [2.05, 4.69) is 10.6 Å². The number of aliphatic carboxylic acids is 1. The molecular formula is C12H16N2O4. The molecule has 0 saturated heterocycles. The van der Waals surface area contributed by atoms with Crippen molar-refractivity contribution in [3.8, 4) is 0 Å². The second-order valence-corrected chi connectivity index (χ2v) is 3.99. The fourth-order valence-electron chi connectivity index (χ4n) is 1.46. The van der Waals surface area contributed by atoms with E-state index < -0.39 is 24.6 Å². The number of amides is 2. The molecule has 1 rings (SSSR count). The molecule has 6 heteroatoms. The third-order valence-electron chi connectivity index (χ3n) is 2.42. The number of carboxylic acids is 1. The van der Waals surface area contributed by atoms with Crippen LogP contribution in [-0.4, -0.2) is 34.9 Å². The van der Waals surface area contributed by atoms with Crippen molar-refractivity contribution in [1.82, 2.24) is 5.32 Å². The van der Waals surface area contributed by atoms with E-state index in [9.17, 15) is 9.59 Å². The highest BCUT2D eigenvalue weighted by atomic mass is 16.4. The number of hydrogen-bond donors (Lipinski definition) is 4. The monoisotopic (exact) mass is 252 g/mol. The zero-order chi connectivity index (χ0) is 13.7. The van der Waals surface area contributed by atoms with Gasteiger partial charge in [-0.2, -0.15) is 0 Å². The van der Waals surface area contributed by atoms with Gasteiger partial charge in [-0.25, -0.2) is 9.59 Å². The van der Waals surface area contributed by atoms with Gasteiger partial charge in [-0.15, -0.1) is 0 Å². The maximum Gasteiger partial charge on any atom is 0.328 e. The molecule has 1 aromatic rings. The average molecular weight is 252 g/mol. The topological polar surface area (TPSA) is 98.7 Å². The Morgan fingerprint density at radius 3 is 2.50 bits per heavy atom. The Kier molecular flexibility index (Phi) is 4.67. The Morgan fingerprint density at radius 1 is 1.33 bits per heavy atom. The molecule has 1 atom stereocenters. The smallest absolute Gasteiger partial charge is 0.328 e. The Bertz CT molecular complexity index is 459. The van der Waals surface area contributed by atoms with Gasteiger partial charge in [0, 0.05) is 5.69 Å². The van der Waals surface area contributed by atoms with Crippen LogP contribution in [0.4, 0.5) is 10.5 Å². The zero-order valence-electron chi connectivity index (χ0n) is 10.2. The molecule has 0 bridgehead atoms. The minimum Gasteiger partial charge on any atom is -0.480 e. The minimum absolute atomic E-state index is 0.597. The van der Waals surface area contributed by atoms with Crippen LogP contribution in [0.3, 0.4) is 0 Å². The third kappa shape index (κ3) is 3.74. The van der Waals surface area contributed by atoms with E-state index in [1.165, 1.54) is 0 Å². The molecule has 1 aromatic carbocycles. The predicted octanol–water partition coefficient (Wildman–Crippen LogP) is 0.870. The summed E-state index contributed by atoms with van der Waals surface area (Å²) in [7, 11) is 0. The lowest BCUT2D eigenvalue weighted by Crippen LogP contribution is -2.45. The molecule has 18 heavy (non-hydrogen) atoms. The summed E-state index contributed by atoms with van der Waals surface area (Å²) < 4.78 is 0. The van der Waals surface area contributed by atoms with Crippen LogP contribution in [0.15, 0.2) is 18.2 Å². The first-order chi connectivity index (χ1) is 8.43. The molecule has 0 aliphatic carbocycles. The molecule has 0 radical (unpaired) electrons. The van der Waals surface area contributed by atoms with Crippen LogP contribution >= 0.6 is 0 Å². The van der Waals surface area contributed by atoms with Crippen molar-refractivity contribution >= 4 is 17.7 Å². The number of carbonyl (C=O) groups excluding carboxylic acids is 1. The molecule has 0 spiro atoms. The van der Waals surface area contributed by atoms with Gasteiger partial charge in [-0.05, 0) is 25.5 Å². The van der Waals surface area contributed by atoms with Crippen LogP contribution in [-0.2, 0) is 4.79 Å². The van der Waals surface area contributed by atoms with E-state index in [0.29, 0.717) is 5.69 Å². The lowest BCUT2D eigenvalue weighted by atomic mass is 10.1. The summed E-state index contributed by atoms with van der Waals surface area (Å²) in [5, 5.41) is 22.1. The summed E-state index contributed by atoms with van der Waals surface area (Å²) in [6.07, 6.45) is 0. The molecule has 0 fully saturated rings. The number of carbonyl (C=O) groups is 2. The lowest BCUT2D eigenvalue weighted by Gasteiger charge is -2.14. The number of benzene rings is 1. The maximum atomic E-state index is 11.5. The molecular weight excluding hydrogens is 236 g/mol. The summed E-state index contributed by atoms with van der Waals surface area (Å²) in [6.45, 7) is 3.11. The Labute approximate surface area is 105 Å². The Morgan fingerprint density at radius 2 is 2.00 bits per heavy atom. The van der Waals surface area contributed by atoms with Crippen LogP contribution in [0.25, 0.3) is 0 Å². The van der Waals surface area contributed by atoms with Crippen LogP contribution in [0.2, 0.25) is 0 Å². The van der Waals surface area contributed by atoms with Crippen LogP contribution < -0.4 is 10.6 Å². The van der Waals surface area contributed by atoms with E-state index in [1.807, 2.05) is 26.0 Å². The fourth-order valence-corrected chi connectivity index (χ4v) is 1.46. The summed E-state index contributed by atoms with van der Waals surface area (Å²) >= 11 is 0. The molecule has 4 N–H and O–H groups in total. The van der Waals surface area contributed by atoms with Crippen molar-refractivity contribution in [2.75, 3.05) is 11.9 Å². The molecule has 0 aliphatic heterocycles. The minimum atomic E-state index is -1.31. The first-order valence-corrected chi connectivity index (χ1v) is 5.42. The summed E-state index contributed by atoms with van der Waals surface area (Å²) in [4.78, 5) is 22.2. The second-order valence-electron chi connectivity index (χ2n) is 3.99. The molecule has 2 amide bonds. The van der Waals surface area contributed by atoms with E-state index in [0.717, 1.165) is 11.1 Å². The Hall–Kier alpha value is -2.08. The number of anilines is 1. The van der Waals surface area contributed by atoms with Gasteiger partial charge in [0.15, 0.2) is 6.04 Å². The van der Waals surface area contributed by atoms with Crippen molar-refractivity contribution in [1.29, 1.82) is 0 Å². The highest BCUT2D eigenvalue weighted by Gasteiger charge is 2.18. The quantitative estimate of drug-likeness (QED) is 0.639. The van der Waals surface area contributed by atoms with Gasteiger partial charge in [0.2, 0.25) is 0 Å². The lowest BCUT2D eigenvalue weighted by molar-refractivity contribution is -0.140. The molecule has 0 aromatic heterocycles. The average Bonchev–Trinajstić information content (AvgIpc) is 2.29. The van der Waals surface area contributed by atoms with E-state index in [4.69, 9.17) is 10.2 Å². The van der Waals surface area contributed by atoms with Crippen molar-refractivity contribution in [3.63, 3.8) is 0 Å². The molecule has 0 aliphatic rings. The van der Waals surface area contributed by atoms with Crippen molar-refractivity contribution in [2.24, 2.45) is 0 Å². The number of urea groups is 1. The number of rotatable bonds is 4. The fraction of sp³-hybridized carbons (Fsp3) is 0.333. The second kappa shape index (κ2) is 6.02. The summed E-state index contributed by atoms with van der Waals surface area (Å²) in [6, 6.07) is 3.50. The molecule has 0 heterocycles. The SMILES string of the molecule is Cc1ccc(NC(=O)N[C@@H](CO)C(=O)O)c(C)c1. The highest BCUT2D eigenvalue weighted by molar-refractivity contribution is 5.92. The van der Waals surface area contributed by atoms with Crippen molar-refractivity contribution in [3.05, 3.63) is 29.3 Å². The number of aliphatic hydroxyl groups is 1. The van der Waals surface area contributed by atoms with Crippen molar-refractivity contribution in [2.45, 2.75) is 19.9 Å². The van der Waals surface area contributed by atoms with Gasteiger partial charge in [0.1, 0.15) is 0 Å². The highest BCUT2D eigenvalue weighted by Crippen LogP contribution is 2.15.